The van der Waals surface area contributed by atoms with Gasteiger partial charge in [-0.15, -0.1) is 0 Å². The molecule has 2 aromatic rings. The van der Waals surface area contributed by atoms with Gasteiger partial charge in [0, 0.05) is 20.1 Å². The average molecular weight is 525 g/mol. The second kappa shape index (κ2) is 12.2. The van der Waals surface area contributed by atoms with E-state index < -0.39 is 7.60 Å². The third-order valence-corrected chi connectivity index (χ3v) is 8.36. The van der Waals surface area contributed by atoms with Crippen LogP contribution in [-0.4, -0.2) is 70.5 Å². The Morgan fingerprint density at radius 3 is 2.71 bits per heavy atom. The zero-order valence-electron chi connectivity index (χ0n) is 20.6. The molecule has 3 rings (SSSR count). The Bertz CT molecular complexity index is 1110. The number of piperidine rings is 1. The van der Waals surface area contributed by atoms with E-state index >= 15 is 0 Å². The number of thiol groups is 1. The molecule has 0 saturated carbocycles. The summed E-state index contributed by atoms with van der Waals surface area (Å²) in [5.74, 6) is 0.885. The minimum Gasteiger partial charge on any atom is -0.363 e. The second-order valence-corrected chi connectivity index (χ2v) is 10.8. The van der Waals surface area contributed by atoms with Crippen LogP contribution in [0.15, 0.2) is 12.4 Å². The summed E-state index contributed by atoms with van der Waals surface area (Å²) in [6.07, 6.45) is 2.03. The highest BCUT2D eigenvalue weighted by atomic mass is 32.1. The van der Waals surface area contributed by atoms with Gasteiger partial charge in [-0.05, 0) is 32.3 Å². The smallest absolute Gasteiger partial charge is 0.356 e. The van der Waals surface area contributed by atoms with Crippen molar-refractivity contribution in [2.75, 3.05) is 44.6 Å². The Morgan fingerprint density at radius 2 is 2.06 bits per heavy atom. The quantitative estimate of drug-likeness (QED) is 0.348. The molecule has 192 valence electrons. The van der Waals surface area contributed by atoms with Gasteiger partial charge < -0.3 is 23.6 Å². The number of nitrogens with zero attached hydrogens (tertiary/aromatic N) is 6. The first-order valence-electron chi connectivity index (χ1n) is 11.6. The highest BCUT2D eigenvalue weighted by molar-refractivity contribution is 7.78. The van der Waals surface area contributed by atoms with Gasteiger partial charge in [0.2, 0.25) is 5.91 Å². The number of rotatable bonds is 11. The molecular weight excluding hydrogens is 491 g/mol. The molecule has 11 nitrogen and oxygen atoms in total. The van der Waals surface area contributed by atoms with E-state index in [-0.39, 0.29) is 44.5 Å². The lowest BCUT2D eigenvalue weighted by Gasteiger charge is -2.42. The van der Waals surface area contributed by atoms with E-state index in [1.807, 2.05) is 19.2 Å². The number of carbonyl (C=O) groups is 1. The molecule has 2 atom stereocenters. The topological polar surface area (TPSA) is 123 Å². The van der Waals surface area contributed by atoms with Crippen LogP contribution in [0.4, 0.5) is 5.82 Å². The zero-order valence-corrected chi connectivity index (χ0v) is 22.4. The monoisotopic (exact) mass is 524 g/mol. The maximum atomic E-state index is 12.7. The number of amides is 1. The normalized spacial score (nSPS) is 18.6. The number of carbonyl (C=O) groups excluding carboxylic acids is 1. The Labute approximate surface area is 211 Å². The van der Waals surface area contributed by atoms with Gasteiger partial charge in [0.25, 0.3) is 0 Å². The zero-order chi connectivity index (χ0) is 25.6. The Hall–Kier alpha value is -2.16. The van der Waals surface area contributed by atoms with E-state index in [1.165, 1.54) is 6.33 Å². The van der Waals surface area contributed by atoms with Crippen LogP contribution in [0.3, 0.4) is 0 Å². The van der Waals surface area contributed by atoms with Crippen LogP contribution in [0.5, 0.6) is 0 Å². The molecule has 0 aromatic carbocycles. The SMILES string of the molecule is CCOP(=O)(COCc1cc2c(N(C)C3CN(C(=O)CC#N)CCC3C)ncnc2n1S)OCC. The number of likely N-dealkylation sites (N-methyl/N-ethyl adjacent to an activating group) is 1. The van der Waals surface area contributed by atoms with Crippen molar-refractivity contribution in [3.8, 4) is 6.07 Å². The Kier molecular flexibility index (Phi) is 9.55. The van der Waals surface area contributed by atoms with E-state index in [0.717, 1.165) is 11.8 Å². The summed E-state index contributed by atoms with van der Waals surface area (Å²) < 4.78 is 30.5. The molecule has 1 saturated heterocycles. The van der Waals surface area contributed by atoms with Gasteiger partial charge in [-0.25, -0.2) is 9.97 Å². The summed E-state index contributed by atoms with van der Waals surface area (Å²) in [5.41, 5.74) is 1.32. The van der Waals surface area contributed by atoms with Crippen molar-refractivity contribution in [3.63, 3.8) is 0 Å². The number of ether oxygens (including phenoxy) is 1. The van der Waals surface area contributed by atoms with Crippen molar-refractivity contribution in [2.24, 2.45) is 5.92 Å². The highest BCUT2D eigenvalue weighted by Crippen LogP contribution is 2.48. The molecular formula is C22H33N6O5PS. The molecule has 35 heavy (non-hydrogen) atoms. The van der Waals surface area contributed by atoms with Crippen LogP contribution in [-0.2, 0) is 29.8 Å². The average Bonchev–Trinajstić information content (AvgIpc) is 3.15. The van der Waals surface area contributed by atoms with Crippen LogP contribution in [0.2, 0.25) is 0 Å². The molecule has 0 spiro atoms. The van der Waals surface area contributed by atoms with Gasteiger partial charge in [0.1, 0.15) is 24.9 Å². The predicted molar refractivity (Wildman–Crippen MR) is 135 cm³/mol. The molecule has 3 heterocycles. The number of likely N-dealkylation sites (tertiary alicyclic amines) is 1. The Balaban J connectivity index is 1.80. The number of anilines is 1. The van der Waals surface area contributed by atoms with Crippen molar-refractivity contribution in [1.82, 2.24) is 18.8 Å². The molecule has 13 heteroatoms. The maximum absolute atomic E-state index is 12.7. The Morgan fingerprint density at radius 1 is 1.34 bits per heavy atom. The molecule has 2 unspecified atom stereocenters. The molecule has 0 aliphatic carbocycles. The summed E-state index contributed by atoms with van der Waals surface area (Å²) in [5, 5.41) is 9.69. The van der Waals surface area contributed by atoms with E-state index in [0.29, 0.717) is 36.2 Å². The van der Waals surface area contributed by atoms with Gasteiger partial charge in [-0.3, -0.25) is 13.3 Å². The van der Waals surface area contributed by atoms with Crippen molar-refractivity contribution in [2.45, 2.75) is 46.3 Å². The summed E-state index contributed by atoms with van der Waals surface area (Å²) in [6.45, 7) is 7.47. The number of hydrogen-bond donors (Lipinski definition) is 1. The number of hydrogen-bond acceptors (Lipinski definition) is 10. The largest absolute Gasteiger partial charge is 0.363 e. The molecule has 0 N–H and O–H groups in total. The van der Waals surface area contributed by atoms with Crippen LogP contribution >= 0.6 is 20.4 Å². The van der Waals surface area contributed by atoms with Gasteiger partial charge in [-0.1, -0.05) is 19.7 Å². The van der Waals surface area contributed by atoms with E-state index in [1.54, 1.807) is 22.7 Å². The minimum atomic E-state index is -3.32. The number of aromatic nitrogens is 3. The lowest BCUT2D eigenvalue weighted by molar-refractivity contribution is -0.131. The fourth-order valence-electron chi connectivity index (χ4n) is 4.31. The summed E-state index contributed by atoms with van der Waals surface area (Å²) in [6, 6.07) is 3.86. The third-order valence-electron chi connectivity index (χ3n) is 6.11. The highest BCUT2D eigenvalue weighted by Gasteiger charge is 2.33. The molecule has 1 fully saturated rings. The number of fused-ring (bicyclic) bond motifs is 1. The van der Waals surface area contributed by atoms with Crippen LogP contribution in [0.25, 0.3) is 11.0 Å². The summed E-state index contributed by atoms with van der Waals surface area (Å²) >= 11 is 4.58. The van der Waals surface area contributed by atoms with Gasteiger partial charge in [0.05, 0.1) is 43.0 Å². The second-order valence-electron chi connectivity index (χ2n) is 8.42. The first-order chi connectivity index (χ1) is 16.7. The minimum absolute atomic E-state index is 0.0238. The summed E-state index contributed by atoms with van der Waals surface area (Å²) in [4.78, 5) is 25.0. The first kappa shape index (κ1) is 27.4. The summed E-state index contributed by atoms with van der Waals surface area (Å²) in [7, 11) is -1.37. The van der Waals surface area contributed by atoms with Gasteiger partial charge in [-0.2, -0.15) is 5.26 Å². The predicted octanol–water partition coefficient (Wildman–Crippen LogP) is 3.45. The van der Waals surface area contributed by atoms with Crippen molar-refractivity contribution < 1.29 is 23.1 Å². The van der Waals surface area contributed by atoms with E-state index in [9.17, 15) is 9.36 Å². The standard InChI is InChI=1S/C22H33N6O5PS/c1-5-32-34(30,33-6-2)15-31-13-17-11-18-21(24-14-25-22(18)28(17)35)26(4)19-12-27(10-8-16(19)3)20(29)7-9-23/h11,14,16,19,35H,5-8,10,12-13,15H2,1-4H3. The molecule has 0 radical (unpaired) electrons. The molecule has 0 bridgehead atoms. The van der Waals surface area contributed by atoms with Crippen molar-refractivity contribution in [3.05, 3.63) is 18.1 Å². The maximum Gasteiger partial charge on any atom is 0.356 e. The van der Waals surface area contributed by atoms with Crippen LogP contribution in [0, 0.1) is 17.2 Å². The fourth-order valence-corrected chi connectivity index (χ4v) is 5.91. The lowest BCUT2D eigenvalue weighted by atomic mass is 9.92. The van der Waals surface area contributed by atoms with E-state index in [2.05, 4.69) is 34.6 Å². The van der Waals surface area contributed by atoms with Gasteiger partial charge >= 0.3 is 7.60 Å². The molecule has 1 aliphatic heterocycles. The van der Waals surface area contributed by atoms with Crippen LogP contribution in [0.1, 0.15) is 39.3 Å². The first-order valence-corrected chi connectivity index (χ1v) is 13.7. The molecule has 1 aliphatic rings. The van der Waals surface area contributed by atoms with Gasteiger partial charge in [0.15, 0.2) is 5.65 Å². The number of nitriles is 1. The molecule has 2 aromatic heterocycles. The fraction of sp³-hybridized carbons (Fsp3) is 0.636. The molecule has 1 amide bonds. The lowest BCUT2D eigenvalue weighted by Crippen LogP contribution is -2.52. The van der Waals surface area contributed by atoms with Crippen LogP contribution < -0.4 is 4.90 Å². The van der Waals surface area contributed by atoms with Crippen molar-refractivity contribution in [1.29, 1.82) is 5.26 Å². The van der Waals surface area contributed by atoms with E-state index in [4.69, 9.17) is 19.0 Å². The third kappa shape index (κ3) is 6.35. The van der Waals surface area contributed by atoms with Crippen molar-refractivity contribution >= 4 is 43.2 Å².